The van der Waals surface area contributed by atoms with Crippen molar-refractivity contribution in [1.82, 2.24) is 4.68 Å². The number of hydrogen-bond donors (Lipinski definition) is 1. The Bertz CT molecular complexity index is 538. The lowest BCUT2D eigenvalue weighted by molar-refractivity contribution is 0.0595. The van der Waals surface area contributed by atoms with Crippen LogP contribution in [0.3, 0.4) is 0 Å². The van der Waals surface area contributed by atoms with Gasteiger partial charge in [0.15, 0.2) is 0 Å². The van der Waals surface area contributed by atoms with Crippen molar-refractivity contribution >= 4 is 5.97 Å². The number of methoxy groups -OCH3 is 1. The van der Waals surface area contributed by atoms with Gasteiger partial charge in [0.2, 0.25) is 0 Å². The molecule has 5 heteroatoms. The molecule has 0 spiro atoms. The third-order valence-electron chi connectivity index (χ3n) is 2.51. The van der Waals surface area contributed by atoms with E-state index < -0.39 is 11.8 Å². The van der Waals surface area contributed by atoms with E-state index >= 15 is 0 Å². The van der Waals surface area contributed by atoms with Crippen LogP contribution >= 0.6 is 0 Å². The second kappa shape index (κ2) is 5.35. The monoisotopic (exact) mass is 248 g/mol. The number of aromatic nitrogens is 1. The van der Waals surface area contributed by atoms with Crippen LogP contribution in [0.15, 0.2) is 42.7 Å². The number of carbonyl (C=O) groups is 1. The minimum Gasteiger partial charge on any atom is -0.465 e. The van der Waals surface area contributed by atoms with E-state index in [-0.39, 0.29) is 5.56 Å². The molecule has 0 aliphatic heterocycles. The van der Waals surface area contributed by atoms with E-state index in [0.29, 0.717) is 6.54 Å². The highest BCUT2D eigenvalue weighted by molar-refractivity contribution is 5.89. The summed E-state index contributed by atoms with van der Waals surface area (Å²) in [5, 5.41) is 0. The Balaban J connectivity index is 2.07. The van der Waals surface area contributed by atoms with Gasteiger partial charge in [-0.05, 0) is 29.8 Å². The van der Waals surface area contributed by atoms with Crippen molar-refractivity contribution in [3.8, 4) is 0 Å². The minimum atomic E-state index is -0.669. The normalized spacial score (nSPS) is 10.1. The Morgan fingerprint density at radius 3 is 2.72 bits per heavy atom. The van der Waals surface area contributed by atoms with Gasteiger partial charge in [-0.25, -0.2) is 9.18 Å². The van der Waals surface area contributed by atoms with Crippen molar-refractivity contribution in [1.29, 1.82) is 0 Å². The molecule has 0 atom stereocenters. The van der Waals surface area contributed by atoms with E-state index in [0.717, 1.165) is 5.56 Å². The van der Waals surface area contributed by atoms with Crippen LogP contribution in [0.25, 0.3) is 0 Å². The predicted molar refractivity (Wildman–Crippen MR) is 65.2 cm³/mol. The van der Waals surface area contributed by atoms with Gasteiger partial charge in [-0.2, -0.15) is 0 Å². The van der Waals surface area contributed by atoms with E-state index in [4.69, 9.17) is 0 Å². The first-order valence-corrected chi connectivity index (χ1v) is 5.44. The number of hydrogen-bond acceptors (Lipinski definition) is 3. The average Bonchev–Trinajstić information content (AvgIpc) is 2.88. The summed E-state index contributed by atoms with van der Waals surface area (Å²) in [6, 6.07) is 8.20. The van der Waals surface area contributed by atoms with Crippen molar-refractivity contribution in [3.63, 3.8) is 0 Å². The molecule has 1 aromatic heterocycles. The van der Waals surface area contributed by atoms with Crippen molar-refractivity contribution in [2.45, 2.75) is 6.54 Å². The van der Waals surface area contributed by atoms with E-state index in [2.05, 4.69) is 10.2 Å². The zero-order valence-electron chi connectivity index (χ0n) is 9.89. The van der Waals surface area contributed by atoms with Gasteiger partial charge < -0.3 is 10.2 Å². The maximum atomic E-state index is 13.6. The van der Waals surface area contributed by atoms with Gasteiger partial charge in [-0.1, -0.05) is 6.07 Å². The maximum absolute atomic E-state index is 13.6. The number of benzene rings is 1. The third-order valence-corrected chi connectivity index (χ3v) is 2.51. The molecule has 0 saturated carbocycles. The van der Waals surface area contributed by atoms with E-state index in [1.54, 1.807) is 10.7 Å². The Labute approximate surface area is 104 Å². The molecule has 1 aromatic carbocycles. The fraction of sp³-hybridized carbons (Fsp3) is 0.154. The summed E-state index contributed by atoms with van der Waals surface area (Å²) in [7, 11) is 1.23. The standard InChI is InChI=1S/C13H13FN2O2/c1-18-13(17)11-5-4-10(8-12(11)14)9-15-16-6-2-3-7-16/h2-8,15H,9H2,1H3. The molecule has 4 nitrogen and oxygen atoms in total. The summed E-state index contributed by atoms with van der Waals surface area (Å²) in [5.41, 5.74) is 3.76. The molecule has 0 saturated heterocycles. The molecule has 94 valence electrons. The summed E-state index contributed by atoms with van der Waals surface area (Å²) < 4.78 is 19.9. The first kappa shape index (κ1) is 12.2. The first-order chi connectivity index (χ1) is 8.70. The van der Waals surface area contributed by atoms with Crippen molar-refractivity contribution in [3.05, 3.63) is 59.7 Å². The Hall–Kier alpha value is -2.30. The molecule has 0 fully saturated rings. The van der Waals surface area contributed by atoms with Crippen molar-refractivity contribution in [2.75, 3.05) is 12.5 Å². The molecular formula is C13H13FN2O2. The molecule has 0 aliphatic carbocycles. The molecule has 0 unspecified atom stereocenters. The summed E-state index contributed by atoms with van der Waals surface area (Å²) in [5.74, 6) is -1.24. The largest absolute Gasteiger partial charge is 0.465 e. The van der Waals surface area contributed by atoms with Crippen molar-refractivity contribution < 1.29 is 13.9 Å². The second-order valence-corrected chi connectivity index (χ2v) is 3.73. The Morgan fingerprint density at radius 2 is 2.11 bits per heavy atom. The number of esters is 1. The van der Waals surface area contributed by atoms with Gasteiger partial charge in [0.05, 0.1) is 19.2 Å². The SMILES string of the molecule is COC(=O)c1ccc(CNn2cccc2)cc1F. The smallest absolute Gasteiger partial charge is 0.340 e. The molecule has 0 amide bonds. The highest BCUT2D eigenvalue weighted by Gasteiger charge is 2.11. The van der Waals surface area contributed by atoms with Gasteiger partial charge in [0.25, 0.3) is 0 Å². The summed E-state index contributed by atoms with van der Waals surface area (Å²) in [4.78, 5) is 11.2. The zero-order chi connectivity index (χ0) is 13.0. The van der Waals surface area contributed by atoms with Crippen molar-refractivity contribution in [2.24, 2.45) is 0 Å². The topological polar surface area (TPSA) is 43.3 Å². The maximum Gasteiger partial charge on any atom is 0.340 e. The lowest BCUT2D eigenvalue weighted by atomic mass is 10.1. The van der Waals surface area contributed by atoms with Gasteiger partial charge in [0.1, 0.15) is 5.82 Å². The third kappa shape index (κ3) is 2.68. The van der Waals surface area contributed by atoms with Gasteiger partial charge in [-0.3, -0.25) is 4.68 Å². The van der Waals surface area contributed by atoms with Crippen LogP contribution in [-0.2, 0) is 11.3 Å². The average molecular weight is 248 g/mol. The molecule has 1 heterocycles. The number of carbonyl (C=O) groups excluding carboxylic acids is 1. The summed E-state index contributed by atoms with van der Waals surface area (Å²) in [6.07, 6.45) is 3.69. The number of rotatable bonds is 4. The highest BCUT2D eigenvalue weighted by atomic mass is 19.1. The molecule has 0 radical (unpaired) electrons. The van der Waals surface area contributed by atoms with Crippen LogP contribution in [0.2, 0.25) is 0 Å². The zero-order valence-corrected chi connectivity index (χ0v) is 9.89. The predicted octanol–water partition coefficient (Wildman–Crippen LogP) is 2.16. The number of halogens is 1. The first-order valence-electron chi connectivity index (χ1n) is 5.44. The second-order valence-electron chi connectivity index (χ2n) is 3.73. The Morgan fingerprint density at radius 1 is 1.39 bits per heavy atom. The molecule has 18 heavy (non-hydrogen) atoms. The summed E-state index contributed by atoms with van der Waals surface area (Å²) in [6.45, 7) is 0.465. The molecule has 0 bridgehead atoms. The van der Waals surface area contributed by atoms with Crippen LogP contribution in [0.4, 0.5) is 4.39 Å². The van der Waals surface area contributed by atoms with Crippen LogP contribution in [0.1, 0.15) is 15.9 Å². The minimum absolute atomic E-state index is 0.0535. The van der Waals surface area contributed by atoms with Gasteiger partial charge in [0, 0.05) is 12.4 Å². The molecule has 2 aromatic rings. The summed E-state index contributed by atoms with van der Waals surface area (Å²) >= 11 is 0. The fourth-order valence-corrected chi connectivity index (χ4v) is 1.57. The fourth-order valence-electron chi connectivity index (χ4n) is 1.57. The lowest BCUT2D eigenvalue weighted by Gasteiger charge is -2.08. The van der Waals surface area contributed by atoms with Gasteiger partial charge in [-0.15, -0.1) is 0 Å². The van der Waals surface area contributed by atoms with E-state index in [1.165, 1.54) is 19.2 Å². The van der Waals surface area contributed by atoms with Crippen LogP contribution in [-0.4, -0.2) is 17.8 Å². The number of ether oxygens (including phenoxy) is 1. The molecular weight excluding hydrogens is 235 g/mol. The molecule has 1 N–H and O–H groups in total. The van der Waals surface area contributed by atoms with E-state index in [9.17, 15) is 9.18 Å². The lowest BCUT2D eigenvalue weighted by Crippen LogP contribution is -2.12. The Kier molecular flexibility index (Phi) is 3.62. The van der Waals surface area contributed by atoms with Crippen LogP contribution in [0, 0.1) is 5.82 Å². The number of nitrogens with zero attached hydrogens (tertiary/aromatic N) is 1. The van der Waals surface area contributed by atoms with Crippen LogP contribution < -0.4 is 5.43 Å². The number of nitrogens with one attached hydrogen (secondary N) is 1. The van der Waals surface area contributed by atoms with E-state index in [1.807, 2.05) is 24.5 Å². The quantitative estimate of drug-likeness (QED) is 0.843. The van der Waals surface area contributed by atoms with Crippen LogP contribution in [0.5, 0.6) is 0 Å². The molecule has 0 aliphatic rings. The van der Waals surface area contributed by atoms with Gasteiger partial charge >= 0.3 is 5.97 Å². The highest BCUT2D eigenvalue weighted by Crippen LogP contribution is 2.11. The molecule has 2 rings (SSSR count).